The summed E-state index contributed by atoms with van der Waals surface area (Å²) in [5.74, 6) is 1.24. The van der Waals surface area contributed by atoms with Crippen LogP contribution in [0, 0.1) is 5.92 Å². The summed E-state index contributed by atoms with van der Waals surface area (Å²) in [6, 6.07) is 7.86. The molecular weight excluding hydrogens is 254 g/mol. The first-order valence-electron chi connectivity index (χ1n) is 7.07. The van der Waals surface area contributed by atoms with Crippen LogP contribution in [0.25, 0.3) is 0 Å². The third-order valence-electron chi connectivity index (χ3n) is 3.68. The number of carbonyl (C=O) groups is 1. The normalized spacial score (nSPS) is 22.1. The van der Waals surface area contributed by atoms with Crippen LogP contribution in [0.4, 0.5) is 5.69 Å². The Morgan fingerprint density at radius 3 is 3.00 bits per heavy atom. The third-order valence-corrected chi connectivity index (χ3v) is 3.68. The lowest BCUT2D eigenvalue weighted by Crippen LogP contribution is -2.49. The van der Waals surface area contributed by atoms with Gasteiger partial charge < -0.3 is 20.7 Å². The van der Waals surface area contributed by atoms with Crippen LogP contribution in [0.2, 0.25) is 0 Å². The molecule has 110 valence electrons. The quantitative estimate of drug-likeness (QED) is 0.757. The Kier molecular flexibility index (Phi) is 5.24. The van der Waals surface area contributed by atoms with E-state index in [0.717, 1.165) is 30.9 Å². The van der Waals surface area contributed by atoms with Crippen molar-refractivity contribution in [2.45, 2.75) is 19.4 Å². The number of rotatable bonds is 5. The minimum Gasteiger partial charge on any atom is -0.495 e. The van der Waals surface area contributed by atoms with Gasteiger partial charge in [-0.2, -0.15) is 0 Å². The Hall–Kier alpha value is -1.75. The molecule has 0 aromatic heterocycles. The zero-order chi connectivity index (χ0) is 14.4. The highest BCUT2D eigenvalue weighted by atomic mass is 16.5. The van der Waals surface area contributed by atoms with Crippen molar-refractivity contribution < 1.29 is 9.53 Å². The molecular formula is C15H23N3O2. The van der Waals surface area contributed by atoms with Gasteiger partial charge in [0.05, 0.1) is 19.3 Å². The topological polar surface area (TPSA) is 62.4 Å². The lowest BCUT2D eigenvalue weighted by Gasteiger charge is -2.30. The van der Waals surface area contributed by atoms with Crippen LogP contribution < -0.4 is 20.7 Å². The number of hydrogen-bond donors (Lipinski definition) is 3. The molecule has 2 rings (SSSR count). The standard InChI is InChI=1S/C15H23N3O2/c1-11-9-16-8-7-12(11)18-15(19)10-17-13-5-3-4-6-14(13)20-2/h3-6,11-12,16-17H,7-10H2,1-2H3,(H,18,19). The zero-order valence-corrected chi connectivity index (χ0v) is 12.1. The number of methoxy groups -OCH3 is 1. The van der Waals surface area contributed by atoms with Crippen molar-refractivity contribution in [1.29, 1.82) is 0 Å². The molecule has 1 saturated heterocycles. The Labute approximate surface area is 120 Å². The van der Waals surface area contributed by atoms with Crippen LogP contribution >= 0.6 is 0 Å². The minimum absolute atomic E-state index is 0.0228. The summed E-state index contributed by atoms with van der Waals surface area (Å²) in [4.78, 5) is 12.0. The average molecular weight is 277 g/mol. The largest absolute Gasteiger partial charge is 0.495 e. The summed E-state index contributed by atoms with van der Waals surface area (Å²) in [6.45, 7) is 4.35. The molecule has 1 aliphatic heterocycles. The molecule has 1 amide bonds. The Morgan fingerprint density at radius 1 is 1.45 bits per heavy atom. The summed E-state index contributed by atoms with van der Waals surface area (Å²) in [5.41, 5.74) is 0.837. The number of nitrogens with one attached hydrogen (secondary N) is 3. The third kappa shape index (κ3) is 3.87. The van der Waals surface area contributed by atoms with Crippen LogP contribution in [-0.2, 0) is 4.79 Å². The summed E-state index contributed by atoms with van der Waals surface area (Å²) in [5, 5.41) is 9.54. The fraction of sp³-hybridized carbons (Fsp3) is 0.533. The van der Waals surface area contributed by atoms with Crippen LogP contribution in [0.3, 0.4) is 0 Å². The van der Waals surface area contributed by atoms with Gasteiger partial charge in [-0.15, -0.1) is 0 Å². The van der Waals surface area contributed by atoms with Gasteiger partial charge in [0.15, 0.2) is 0 Å². The molecule has 20 heavy (non-hydrogen) atoms. The lowest BCUT2D eigenvalue weighted by atomic mass is 9.95. The predicted molar refractivity (Wildman–Crippen MR) is 80.1 cm³/mol. The SMILES string of the molecule is COc1ccccc1NCC(=O)NC1CCNCC1C. The van der Waals surface area contributed by atoms with Crippen LogP contribution in [0.5, 0.6) is 5.75 Å². The van der Waals surface area contributed by atoms with Crippen molar-refractivity contribution in [1.82, 2.24) is 10.6 Å². The number of benzene rings is 1. The van der Waals surface area contributed by atoms with E-state index < -0.39 is 0 Å². The second-order valence-corrected chi connectivity index (χ2v) is 5.20. The van der Waals surface area contributed by atoms with E-state index in [2.05, 4.69) is 22.9 Å². The summed E-state index contributed by atoms with van der Waals surface area (Å²) >= 11 is 0. The van der Waals surface area contributed by atoms with Gasteiger partial charge >= 0.3 is 0 Å². The van der Waals surface area contributed by atoms with E-state index in [4.69, 9.17) is 4.74 Å². The van der Waals surface area contributed by atoms with E-state index in [-0.39, 0.29) is 18.5 Å². The van der Waals surface area contributed by atoms with Gasteiger partial charge in [-0.3, -0.25) is 4.79 Å². The smallest absolute Gasteiger partial charge is 0.239 e. The van der Waals surface area contributed by atoms with E-state index in [1.807, 2.05) is 24.3 Å². The van der Waals surface area contributed by atoms with E-state index in [9.17, 15) is 4.79 Å². The first-order valence-corrected chi connectivity index (χ1v) is 7.07. The Bertz CT molecular complexity index is 450. The van der Waals surface area contributed by atoms with Crippen LogP contribution in [-0.4, -0.2) is 38.7 Å². The number of piperidine rings is 1. The Morgan fingerprint density at radius 2 is 2.25 bits per heavy atom. The van der Waals surface area contributed by atoms with Crippen molar-refractivity contribution in [3.05, 3.63) is 24.3 Å². The summed E-state index contributed by atoms with van der Waals surface area (Å²) in [6.07, 6.45) is 0.988. The van der Waals surface area contributed by atoms with E-state index in [1.54, 1.807) is 7.11 Å². The second-order valence-electron chi connectivity index (χ2n) is 5.20. The van der Waals surface area contributed by atoms with Gasteiger partial charge in [0.25, 0.3) is 0 Å². The van der Waals surface area contributed by atoms with Crippen molar-refractivity contribution in [3.63, 3.8) is 0 Å². The maximum atomic E-state index is 12.0. The van der Waals surface area contributed by atoms with Crippen molar-refractivity contribution in [3.8, 4) is 5.75 Å². The fourth-order valence-electron chi connectivity index (χ4n) is 2.45. The number of ether oxygens (including phenoxy) is 1. The maximum absolute atomic E-state index is 12.0. The van der Waals surface area contributed by atoms with E-state index in [1.165, 1.54) is 0 Å². The lowest BCUT2D eigenvalue weighted by molar-refractivity contribution is -0.120. The monoisotopic (exact) mass is 277 g/mol. The highest BCUT2D eigenvalue weighted by Crippen LogP contribution is 2.22. The molecule has 0 spiro atoms. The van der Waals surface area contributed by atoms with Gasteiger partial charge in [0.2, 0.25) is 5.91 Å². The molecule has 1 aromatic rings. The highest BCUT2D eigenvalue weighted by molar-refractivity contribution is 5.81. The molecule has 0 radical (unpaired) electrons. The average Bonchev–Trinajstić information content (AvgIpc) is 2.48. The number of para-hydroxylation sites is 2. The van der Waals surface area contributed by atoms with Gasteiger partial charge in [0.1, 0.15) is 5.75 Å². The van der Waals surface area contributed by atoms with Gasteiger partial charge in [-0.05, 0) is 37.6 Å². The Balaban J connectivity index is 1.82. The molecule has 3 N–H and O–H groups in total. The molecule has 0 aliphatic carbocycles. The maximum Gasteiger partial charge on any atom is 0.239 e. The second kappa shape index (κ2) is 7.14. The predicted octanol–water partition coefficient (Wildman–Crippen LogP) is 1.22. The summed E-state index contributed by atoms with van der Waals surface area (Å²) in [7, 11) is 1.62. The van der Waals surface area contributed by atoms with Crippen LogP contribution in [0.1, 0.15) is 13.3 Å². The number of hydrogen-bond acceptors (Lipinski definition) is 4. The van der Waals surface area contributed by atoms with Crippen molar-refractivity contribution in [2.75, 3.05) is 32.1 Å². The highest BCUT2D eigenvalue weighted by Gasteiger charge is 2.22. The van der Waals surface area contributed by atoms with Gasteiger partial charge in [-0.1, -0.05) is 19.1 Å². The number of carbonyl (C=O) groups excluding carboxylic acids is 1. The molecule has 0 bridgehead atoms. The number of amides is 1. The van der Waals surface area contributed by atoms with Crippen molar-refractivity contribution >= 4 is 11.6 Å². The molecule has 5 heteroatoms. The number of anilines is 1. The molecule has 1 fully saturated rings. The molecule has 2 atom stereocenters. The molecule has 1 aromatic carbocycles. The van der Waals surface area contributed by atoms with E-state index in [0.29, 0.717) is 5.92 Å². The van der Waals surface area contributed by atoms with E-state index >= 15 is 0 Å². The minimum atomic E-state index is 0.0228. The molecule has 5 nitrogen and oxygen atoms in total. The molecule has 1 aliphatic rings. The first-order chi connectivity index (χ1) is 9.70. The zero-order valence-electron chi connectivity index (χ0n) is 12.1. The fourth-order valence-corrected chi connectivity index (χ4v) is 2.45. The first kappa shape index (κ1) is 14.7. The van der Waals surface area contributed by atoms with Gasteiger partial charge in [-0.25, -0.2) is 0 Å². The summed E-state index contributed by atoms with van der Waals surface area (Å²) < 4.78 is 5.24. The molecule has 1 heterocycles. The van der Waals surface area contributed by atoms with Gasteiger partial charge in [0, 0.05) is 6.04 Å². The molecule has 2 unspecified atom stereocenters. The van der Waals surface area contributed by atoms with Crippen molar-refractivity contribution in [2.24, 2.45) is 5.92 Å². The van der Waals surface area contributed by atoms with Crippen LogP contribution in [0.15, 0.2) is 24.3 Å². The molecule has 0 saturated carbocycles.